The second kappa shape index (κ2) is 5.67. The number of rotatable bonds is 3. The molecular weight excluding hydrogens is 211 g/mol. The van der Waals surface area contributed by atoms with Crippen molar-refractivity contribution >= 4 is 11.6 Å². The summed E-state index contributed by atoms with van der Waals surface area (Å²) in [5, 5.41) is 0. The monoisotopic (exact) mass is 221 g/mol. The van der Waals surface area contributed by atoms with Crippen LogP contribution < -0.4 is 0 Å². The second-order valence-corrected chi connectivity index (χ2v) is 2.67. The van der Waals surface area contributed by atoms with E-state index in [1.165, 1.54) is 6.92 Å². The van der Waals surface area contributed by atoms with Crippen LogP contribution in [0.25, 0.3) is 0 Å². The third-order valence-corrected chi connectivity index (χ3v) is 1.51. The molecule has 2 nitrogen and oxygen atoms in total. The summed E-state index contributed by atoms with van der Waals surface area (Å²) >= 11 is 0. The second-order valence-electron chi connectivity index (χ2n) is 2.67. The van der Waals surface area contributed by atoms with Gasteiger partial charge in [-0.3, -0.25) is 9.59 Å². The van der Waals surface area contributed by atoms with Crippen LogP contribution in [-0.2, 0) is 21.6 Å². The Hall–Kier alpha value is -0.934. The molecule has 1 aromatic carbocycles. The van der Waals surface area contributed by atoms with E-state index in [2.05, 4.69) is 0 Å². The topological polar surface area (TPSA) is 34.1 Å². The first-order valence-electron chi connectivity index (χ1n) is 3.78. The van der Waals surface area contributed by atoms with Crippen molar-refractivity contribution in [1.29, 1.82) is 0 Å². The molecule has 1 rings (SSSR count). The number of carbonyl (C=O) groups is 2. The molecule has 0 aliphatic carbocycles. The van der Waals surface area contributed by atoms with Gasteiger partial charge in [-0.1, -0.05) is 30.3 Å². The van der Waals surface area contributed by atoms with Gasteiger partial charge in [0.2, 0.25) is 0 Å². The molecule has 0 aliphatic heterocycles. The summed E-state index contributed by atoms with van der Waals surface area (Å²) in [5.41, 5.74) is 0.604. The van der Waals surface area contributed by atoms with Crippen LogP contribution in [0, 0.1) is 0 Å². The van der Waals surface area contributed by atoms with E-state index in [1.54, 1.807) is 24.3 Å². The Bertz CT molecular complexity index is 293. The van der Waals surface area contributed by atoms with E-state index in [1.807, 2.05) is 6.07 Å². The number of hydrogen-bond acceptors (Lipinski definition) is 2. The van der Waals surface area contributed by atoms with E-state index in [0.29, 0.717) is 5.56 Å². The van der Waals surface area contributed by atoms with E-state index in [9.17, 15) is 9.59 Å². The maximum Gasteiger partial charge on any atom is 3.00 e. The van der Waals surface area contributed by atoms with Crippen LogP contribution in [-0.4, -0.2) is 11.6 Å². The van der Waals surface area contributed by atoms with Crippen molar-refractivity contribution in [2.24, 2.45) is 0 Å². The van der Waals surface area contributed by atoms with Gasteiger partial charge in [0, 0.05) is 5.56 Å². The molecule has 0 heterocycles. The molecule has 0 aromatic heterocycles. The quantitative estimate of drug-likeness (QED) is 0.576. The van der Waals surface area contributed by atoms with Crippen LogP contribution >= 0.6 is 0 Å². The molecule has 3 heteroatoms. The van der Waals surface area contributed by atoms with Crippen LogP contribution in [0.3, 0.4) is 0 Å². The molecule has 0 radical (unpaired) electrons. The smallest absolute Gasteiger partial charge is 0.300 e. The molecule has 0 saturated carbocycles. The minimum absolute atomic E-state index is 0. The van der Waals surface area contributed by atoms with Crippen LogP contribution in [0.5, 0.6) is 0 Å². The minimum Gasteiger partial charge on any atom is -0.300 e. The number of hydrogen-bond donors (Lipinski definition) is 0. The Labute approximate surface area is 87.5 Å². The predicted molar refractivity (Wildman–Crippen MR) is 46.1 cm³/mol. The maximum absolute atomic E-state index is 11.2. The van der Waals surface area contributed by atoms with E-state index in [4.69, 9.17) is 0 Å². The van der Waals surface area contributed by atoms with Crippen molar-refractivity contribution in [3.8, 4) is 0 Å². The molecule has 1 aromatic rings. The molecule has 0 atom stereocenters. The minimum atomic E-state index is -0.108. The fourth-order valence-electron chi connectivity index (χ4n) is 0.952. The molecule has 0 amide bonds. The Morgan fingerprint density at radius 3 is 2.15 bits per heavy atom. The van der Waals surface area contributed by atoms with Crippen molar-refractivity contribution in [3.05, 3.63) is 35.9 Å². The molecule has 0 unspecified atom stereocenters. The van der Waals surface area contributed by atoms with Crippen molar-refractivity contribution in [3.63, 3.8) is 0 Å². The first-order chi connectivity index (χ1) is 5.70. The normalized spacial score (nSPS) is 8.69. The number of ketones is 2. The summed E-state index contributed by atoms with van der Waals surface area (Å²) in [6.45, 7) is 1.42. The average molecular weight is 221 g/mol. The average Bonchev–Trinajstić information content (AvgIpc) is 2.05. The summed E-state index contributed by atoms with van der Waals surface area (Å²) in [7, 11) is 0. The Morgan fingerprint density at radius 2 is 1.69 bits per heavy atom. The summed E-state index contributed by atoms with van der Waals surface area (Å²) in [4.78, 5) is 21.8. The molecule has 0 fully saturated rings. The molecule has 0 aliphatic rings. The van der Waals surface area contributed by atoms with Crippen LogP contribution in [0.4, 0.5) is 0 Å². The number of Topliss-reactive ketones (excluding diaryl/α,β-unsaturated/α-hetero) is 2. The van der Waals surface area contributed by atoms with Gasteiger partial charge in [0.05, 0.1) is 6.42 Å². The Kier molecular flexibility index (Phi) is 5.26. The van der Waals surface area contributed by atoms with Gasteiger partial charge in [0.25, 0.3) is 0 Å². The third-order valence-electron chi connectivity index (χ3n) is 1.51. The van der Waals surface area contributed by atoms with Crippen molar-refractivity contribution in [2.75, 3.05) is 0 Å². The van der Waals surface area contributed by atoms with Gasteiger partial charge in [0.1, 0.15) is 5.78 Å². The molecular formula is C10H10CoO2+3. The van der Waals surface area contributed by atoms with Gasteiger partial charge in [0.15, 0.2) is 5.78 Å². The number of benzene rings is 1. The van der Waals surface area contributed by atoms with Gasteiger partial charge in [-0.2, -0.15) is 0 Å². The first kappa shape index (κ1) is 12.1. The standard InChI is InChI=1S/C10H10O2.Co/c1-8(11)7-10(12)9-5-3-2-4-6-9;/h2-6H,7H2,1H3;/q;+3. The Morgan fingerprint density at radius 1 is 1.15 bits per heavy atom. The molecule has 0 bridgehead atoms. The van der Waals surface area contributed by atoms with Gasteiger partial charge < -0.3 is 0 Å². The SMILES string of the molecule is CC(=O)CC(=O)c1ccccc1.[Co+3]. The predicted octanol–water partition coefficient (Wildman–Crippen LogP) is 1.85. The summed E-state index contributed by atoms with van der Waals surface area (Å²) in [5.74, 6) is -0.202. The fourth-order valence-corrected chi connectivity index (χ4v) is 0.952. The number of carbonyl (C=O) groups excluding carboxylic acids is 2. The summed E-state index contributed by atoms with van der Waals surface area (Å²) in [6, 6.07) is 8.84. The van der Waals surface area contributed by atoms with E-state index >= 15 is 0 Å². The largest absolute Gasteiger partial charge is 3.00 e. The molecule has 13 heavy (non-hydrogen) atoms. The third kappa shape index (κ3) is 4.01. The van der Waals surface area contributed by atoms with E-state index < -0.39 is 0 Å². The van der Waals surface area contributed by atoms with Crippen molar-refractivity contribution < 1.29 is 26.4 Å². The van der Waals surface area contributed by atoms with Gasteiger partial charge in [-0.15, -0.1) is 0 Å². The van der Waals surface area contributed by atoms with Gasteiger partial charge in [-0.05, 0) is 6.92 Å². The van der Waals surface area contributed by atoms with Gasteiger partial charge >= 0.3 is 16.8 Å². The Balaban J connectivity index is 0.00000144. The van der Waals surface area contributed by atoms with Crippen LogP contribution in [0.15, 0.2) is 30.3 Å². The van der Waals surface area contributed by atoms with Crippen molar-refractivity contribution in [2.45, 2.75) is 13.3 Å². The van der Waals surface area contributed by atoms with E-state index in [-0.39, 0.29) is 34.8 Å². The maximum atomic E-state index is 11.2. The molecule has 68 valence electrons. The van der Waals surface area contributed by atoms with Gasteiger partial charge in [-0.25, -0.2) is 0 Å². The van der Waals surface area contributed by atoms with Crippen molar-refractivity contribution in [1.82, 2.24) is 0 Å². The zero-order valence-corrected chi connectivity index (χ0v) is 8.28. The zero-order valence-electron chi connectivity index (χ0n) is 7.24. The summed E-state index contributed by atoms with van der Waals surface area (Å²) in [6.07, 6.45) is 0.00398. The molecule has 0 spiro atoms. The first-order valence-corrected chi connectivity index (χ1v) is 3.78. The van der Waals surface area contributed by atoms with Crippen LogP contribution in [0.2, 0.25) is 0 Å². The van der Waals surface area contributed by atoms with Crippen LogP contribution in [0.1, 0.15) is 23.7 Å². The van der Waals surface area contributed by atoms with E-state index in [0.717, 1.165) is 0 Å². The summed E-state index contributed by atoms with van der Waals surface area (Å²) < 4.78 is 0. The molecule has 0 saturated heterocycles. The zero-order chi connectivity index (χ0) is 8.97. The molecule has 0 N–H and O–H groups in total. The fraction of sp³-hybridized carbons (Fsp3) is 0.200.